The van der Waals surface area contributed by atoms with Crippen molar-refractivity contribution in [2.24, 2.45) is 0 Å². The molecule has 0 fully saturated rings. The number of hydrogen-bond acceptors (Lipinski definition) is 3. The van der Waals surface area contributed by atoms with Crippen LogP contribution in [-0.4, -0.2) is 25.2 Å². The molecule has 0 saturated heterocycles. The number of carbonyl (C=O) groups excluding carboxylic acids is 1. The maximum absolute atomic E-state index is 12.1. The zero-order chi connectivity index (χ0) is 15.4. The Bertz CT molecular complexity index is 655. The van der Waals surface area contributed by atoms with Crippen LogP contribution >= 0.6 is 0 Å². The van der Waals surface area contributed by atoms with E-state index in [0.717, 1.165) is 23.5 Å². The van der Waals surface area contributed by atoms with Gasteiger partial charge in [0.2, 0.25) is 0 Å². The minimum Gasteiger partial charge on any atom is -0.486 e. The minimum absolute atomic E-state index is 0.0373. The van der Waals surface area contributed by atoms with Gasteiger partial charge in [-0.1, -0.05) is 24.3 Å². The van der Waals surface area contributed by atoms with Gasteiger partial charge in [0.1, 0.15) is 13.2 Å². The van der Waals surface area contributed by atoms with Gasteiger partial charge in [0, 0.05) is 11.6 Å². The van der Waals surface area contributed by atoms with Gasteiger partial charge in [-0.25, -0.2) is 0 Å². The standard InChI is InChI=1S/C18H19NO3/c1-13(19-18(20)15-5-3-2-4-6-15)11-14-7-8-16-17(12-14)22-10-9-21-16/h2-8,12-13H,9-11H2,1H3,(H,19,20). The summed E-state index contributed by atoms with van der Waals surface area (Å²) in [5.41, 5.74) is 1.79. The van der Waals surface area contributed by atoms with Crippen LogP contribution in [0, 0.1) is 0 Å². The zero-order valence-corrected chi connectivity index (χ0v) is 12.5. The van der Waals surface area contributed by atoms with Crippen LogP contribution in [0.25, 0.3) is 0 Å². The Hall–Kier alpha value is -2.49. The van der Waals surface area contributed by atoms with E-state index in [-0.39, 0.29) is 11.9 Å². The van der Waals surface area contributed by atoms with Gasteiger partial charge in [-0.05, 0) is 43.2 Å². The Kier molecular flexibility index (Phi) is 4.28. The summed E-state index contributed by atoms with van der Waals surface area (Å²) >= 11 is 0. The summed E-state index contributed by atoms with van der Waals surface area (Å²) in [7, 11) is 0. The Balaban J connectivity index is 1.62. The number of ether oxygens (including phenoxy) is 2. The smallest absolute Gasteiger partial charge is 0.251 e. The number of carbonyl (C=O) groups is 1. The van der Waals surface area contributed by atoms with Crippen molar-refractivity contribution in [3.05, 3.63) is 59.7 Å². The molecule has 2 aromatic rings. The van der Waals surface area contributed by atoms with Crippen LogP contribution in [0.2, 0.25) is 0 Å². The molecule has 114 valence electrons. The highest BCUT2D eigenvalue weighted by Crippen LogP contribution is 2.31. The molecule has 1 unspecified atom stereocenters. The number of nitrogens with one attached hydrogen (secondary N) is 1. The van der Waals surface area contributed by atoms with E-state index < -0.39 is 0 Å². The van der Waals surface area contributed by atoms with Gasteiger partial charge in [-0.3, -0.25) is 4.79 Å². The maximum atomic E-state index is 12.1. The monoisotopic (exact) mass is 297 g/mol. The lowest BCUT2D eigenvalue weighted by molar-refractivity contribution is 0.0940. The van der Waals surface area contributed by atoms with Crippen molar-refractivity contribution in [2.45, 2.75) is 19.4 Å². The molecule has 4 nitrogen and oxygen atoms in total. The van der Waals surface area contributed by atoms with E-state index in [1.807, 2.05) is 55.5 Å². The van der Waals surface area contributed by atoms with Gasteiger partial charge in [0.05, 0.1) is 0 Å². The molecule has 3 rings (SSSR count). The summed E-state index contributed by atoms with van der Waals surface area (Å²) in [4.78, 5) is 12.1. The molecule has 1 heterocycles. The highest BCUT2D eigenvalue weighted by Gasteiger charge is 2.14. The van der Waals surface area contributed by atoms with Gasteiger partial charge in [-0.15, -0.1) is 0 Å². The van der Waals surface area contributed by atoms with E-state index in [0.29, 0.717) is 18.8 Å². The number of rotatable bonds is 4. The highest BCUT2D eigenvalue weighted by molar-refractivity contribution is 5.94. The highest BCUT2D eigenvalue weighted by atomic mass is 16.6. The van der Waals surface area contributed by atoms with Crippen LogP contribution in [0.15, 0.2) is 48.5 Å². The molecule has 0 radical (unpaired) electrons. The van der Waals surface area contributed by atoms with E-state index in [1.54, 1.807) is 0 Å². The van der Waals surface area contributed by atoms with E-state index in [1.165, 1.54) is 0 Å². The van der Waals surface area contributed by atoms with Crippen LogP contribution in [0.4, 0.5) is 0 Å². The molecule has 0 bridgehead atoms. The molecule has 2 aromatic carbocycles. The number of hydrogen-bond donors (Lipinski definition) is 1. The average molecular weight is 297 g/mol. The topological polar surface area (TPSA) is 47.6 Å². The van der Waals surface area contributed by atoms with Crippen LogP contribution in [0.1, 0.15) is 22.8 Å². The van der Waals surface area contributed by atoms with Crippen LogP contribution < -0.4 is 14.8 Å². The maximum Gasteiger partial charge on any atom is 0.251 e. The Labute approximate surface area is 130 Å². The van der Waals surface area contributed by atoms with E-state index in [4.69, 9.17) is 9.47 Å². The van der Waals surface area contributed by atoms with Crippen molar-refractivity contribution in [3.8, 4) is 11.5 Å². The molecule has 22 heavy (non-hydrogen) atoms. The third-order valence-corrected chi connectivity index (χ3v) is 3.56. The van der Waals surface area contributed by atoms with E-state index >= 15 is 0 Å². The zero-order valence-electron chi connectivity index (χ0n) is 12.5. The van der Waals surface area contributed by atoms with E-state index in [9.17, 15) is 4.79 Å². The molecule has 0 aromatic heterocycles. The third-order valence-electron chi connectivity index (χ3n) is 3.56. The Morgan fingerprint density at radius 2 is 1.82 bits per heavy atom. The van der Waals surface area contributed by atoms with Crippen molar-refractivity contribution >= 4 is 5.91 Å². The quantitative estimate of drug-likeness (QED) is 0.944. The van der Waals surface area contributed by atoms with Gasteiger partial charge < -0.3 is 14.8 Å². The molecule has 1 atom stereocenters. The Morgan fingerprint density at radius 1 is 1.09 bits per heavy atom. The first kappa shape index (κ1) is 14.4. The predicted molar refractivity (Wildman–Crippen MR) is 84.5 cm³/mol. The molecular weight excluding hydrogens is 278 g/mol. The lowest BCUT2D eigenvalue weighted by Crippen LogP contribution is -2.34. The van der Waals surface area contributed by atoms with Crippen molar-refractivity contribution in [1.82, 2.24) is 5.32 Å². The third kappa shape index (κ3) is 3.39. The summed E-state index contributed by atoms with van der Waals surface area (Å²) in [6, 6.07) is 15.2. The molecule has 0 aliphatic carbocycles. The van der Waals surface area contributed by atoms with Crippen molar-refractivity contribution in [2.75, 3.05) is 13.2 Å². The second-order valence-electron chi connectivity index (χ2n) is 5.42. The minimum atomic E-state index is -0.0503. The van der Waals surface area contributed by atoms with Crippen LogP contribution in [-0.2, 0) is 6.42 Å². The van der Waals surface area contributed by atoms with Gasteiger partial charge in [0.15, 0.2) is 11.5 Å². The van der Waals surface area contributed by atoms with Crippen molar-refractivity contribution in [3.63, 3.8) is 0 Å². The number of amides is 1. The second kappa shape index (κ2) is 6.52. The fourth-order valence-electron chi connectivity index (χ4n) is 2.52. The molecule has 0 spiro atoms. The molecule has 1 N–H and O–H groups in total. The normalized spacial score (nSPS) is 14.2. The lowest BCUT2D eigenvalue weighted by atomic mass is 10.1. The largest absolute Gasteiger partial charge is 0.486 e. The van der Waals surface area contributed by atoms with Crippen molar-refractivity contribution < 1.29 is 14.3 Å². The number of fused-ring (bicyclic) bond motifs is 1. The fraction of sp³-hybridized carbons (Fsp3) is 0.278. The van der Waals surface area contributed by atoms with Crippen LogP contribution in [0.3, 0.4) is 0 Å². The molecule has 4 heteroatoms. The molecule has 0 saturated carbocycles. The average Bonchev–Trinajstić information content (AvgIpc) is 2.55. The lowest BCUT2D eigenvalue weighted by Gasteiger charge is -2.20. The van der Waals surface area contributed by atoms with Gasteiger partial charge in [0.25, 0.3) is 5.91 Å². The predicted octanol–water partition coefficient (Wildman–Crippen LogP) is 2.82. The molecule has 1 aliphatic rings. The van der Waals surface area contributed by atoms with E-state index in [2.05, 4.69) is 5.32 Å². The van der Waals surface area contributed by atoms with Crippen molar-refractivity contribution in [1.29, 1.82) is 0 Å². The summed E-state index contributed by atoms with van der Waals surface area (Å²) in [5.74, 6) is 1.52. The summed E-state index contributed by atoms with van der Waals surface area (Å²) in [6.45, 7) is 3.17. The first-order valence-corrected chi connectivity index (χ1v) is 7.47. The first-order valence-electron chi connectivity index (χ1n) is 7.47. The Morgan fingerprint density at radius 3 is 2.59 bits per heavy atom. The second-order valence-corrected chi connectivity index (χ2v) is 5.42. The molecular formula is C18H19NO3. The summed E-state index contributed by atoms with van der Waals surface area (Å²) in [5, 5.41) is 3.01. The first-order chi connectivity index (χ1) is 10.7. The van der Waals surface area contributed by atoms with Crippen LogP contribution in [0.5, 0.6) is 11.5 Å². The SMILES string of the molecule is CC(Cc1ccc2c(c1)OCCO2)NC(=O)c1ccccc1. The molecule has 1 amide bonds. The molecule has 1 aliphatic heterocycles. The van der Waals surface area contributed by atoms with Gasteiger partial charge >= 0.3 is 0 Å². The fourth-order valence-corrected chi connectivity index (χ4v) is 2.52. The summed E-state index contributed by atoms with van der Waals surface area (Å²) in [6.07, 6.45) is 0.745. The van der Waals surface area contributed by atoms with Gasteiger partial charge in [-0.2, -0.15) is 0 Å². The summed E-state index contributed by atoms with van der Waals surface area (Å²) < 4.78 is 11.1. The number of benzene rings is 2.